The molecule has 10 heteroatoms. The number of carbonyl (C=O) groups is 1. The van der Waals surface area contributed by atoms with E-state index in [1.165, 1.54) is 24.4 Å². The number of nitrogens with zero attached hydrogens (tertiary/aromatic N) is 1. The quantitative estimate of drug-likeness (QED) is 0.291. The number of thiophene rings is 1. The van der Waals surface area contributed by atoms with Crippen LogP contribution in [0.4, 0.5) is 5.69 Å². The summed E-state index contributed by atoms with van der Waals surface area (Å²) in [6, 6.07) is 14.8. The maximum atomic E-state index is 12.7. The Morgan fingerprint density at radius 2 is 1.91 bits per heavy atom. The Labute approximate surface area is 203 Å². The lowest BCUT2D eigenvalue weighted by Crippen LogP contribution is -2.21. The molecule has 0 saturated carbocycles. The van der Waals surface area contributed by atoms with Crippen LogP contribution in [0.1, 0.15) is 36.2 Å². The number of sulfonamides is 1. The summed E-state index contributed by atoms with van der Waals surface area (Å²) in [5, 5.41) is 5.67. The second kappa shape index (κ2) is 11.7. The van der Waals surface area contributed by atoms with Gasteiger partial charge in [0, 0.05) is 0 Å². The van der Waals surface area contributed by atoms with E-state index in [-0.39, 0.29) is 15.5 Å². The molecule has 0 saturated heterocycles. The molecule has 1 aromatic heterocycles. The van der Waals surface area contributed by atoms with Crippen LogP contribution in [0.3, 0.4) is 0 Å². The predicted molar refractivity (Wildman–Crippen MR) is 135 cm³/mol. The van der Waals surface area contributed by atoms with Crippen LogP contribution >= 0.6 is 11.3 Å². The van der Waals surface area contributed by atoms with Gasteiger partial charge in [0.1, 0.15) is 4.21 Å². The normalized spacial score (nSPS) is 11.5. The molecule has 1 heterocycles. The predicted octanol–water partition coefficient (Wildman–Crippen LogP) is 4.75. The number of methoxy groups -OCH3 is 1. The van der Waals surface area contributed by atoms with E-state index in [0.29, 0.717) is 29.6 Å². The summed E-state index contributed by atoms with van der Waals surface area (Å²) >= 11 is 1.09. The smallest absolute Gasteiger partial charge is 0.273 e. The van der Waals surface area contributed by atoms with Crippen molar-refractivity contribution in [3.05, 3.63) is 71.1 Å². The molecule has 2 N–H and O–H groups in total. The first-order valence-corrected chi connectivity index (χ1v) is 13.0. The largest absolute Gasteiger partial charge is 0.493 e. The van der Waals surface area contributed by atoms with E-state index in [1.807, 2.05) is 0 Å². The molecule has 0 bridgehead atoms. The highest BCUT2D eigenvalue weighted by molar-refractivity contribution is 7.94. The van der Waals surface area contributed by atoms with Crippen LogP contribution < -0.4 is 19.6 Å². The number of anilines is 1. The van der Waals surface area contributed by atoms with E-state index < -0.39 is 15.9 Å². The molecule has 180 valence electrons. The highest BCUT2D eigenvalue weighted by atomic mass is 32.2. The lowest BCUT2D eigenvalue weighted by molar-refractivity contribution is 0.0956. The Kier molecular flexibility index (Phi) is 8.67. The molecule has 8 nitrogen and oxygen atoms in total. The SMILES string of the molecule is COc1cc(/C=N\NC(=O)c2ccccc2NS(=O)(=O)c2cccs2)ccc1OCCC(C)C. The zero-order valence-electron chi connectivity index (χ0n) is 19.1. The van der Waals surface area contributed by atoms with Gasteiger partial charge in [0.15, 0.2) is 11.5 Å². The minimum atomic E-state index is -3.79. The first-order valence-electron chi connectivity index (χ1n) is 10.6. The van der Waals surface area contributed by atoms with Crippen LogP contribution in [0.5, 0.6) is 11.5 Å². The van der Waals surface area contributed by atoms with Gasteiger partial charge in [-0.05, 0) is 59.7 Å². The molecule has 0 atom stereocenters. The third-order valence-corrected chi connectivity index (χ3v) is 7.46. The molecule has 1 amide bonds. The number of para-hydroxylation sites is 1. The number of ether oxygens (including phenoxy) is 2. The van der Waals surface area contributed by atoms with Crippen molar-refractivity contribution in [3.8, 4) is 11.5 Å². The number of nitrogens with one attached hydrogen (secondary N) is 2. The zero-order valence-corrected chi connectivity index (χ0v) is 20.8. The Hall–Kier alpha value is -3.37. The van der Waals surface area contributed by atoms with Crippen LogP contribution in [-0.4, -0.2) is 34.3 Å². The standard InChI is InChI=1S/C24H27N3O5S2/c1-17(2)12-13-32-21-11-10-18(15-22(21)31-3)16-25-26-24(28)19-7-4-5-8-20(19)27-34(29,30)23-9-6-14-33-23/h4-11,14-17,27H,12-13H2,1-3H3,(H,26,28)/b25-16-. The van der Waals surface area contributed by atoms with Gasteiger partial charge in [0.25, 0.3) is 15.9 Å². The number of carbonyl (C=O) groups excluding carboxylic acids is 1. The van der Waals surface area contributed by atoms with Gasteiger partial charge >= 0.3 is 0 Å². The number of rotatable bonds is 11. The van der Waals surface area contributed by atoms with Crippen molar-refractivity contribution >= 4 is 39.2 Å². The van der Waals surface area contributed by atoms with E-state index >= 15 is 0 Å². The van der Waals surface area contributed by atoms with E-state index in [1.54, 1.807) is 48.9 Å². The van der Waals surface area contributed by atoms with Gasteiger partial charge in [-0.1, -0.05) is 32.0 Å². The molecule has 3 rings (SSSR count). The van der Waals surface area contributed by atoms with Gasteiger partial charge in [-0.25, -0.2) is 13.8 Å². The second-order valence-electron chi connectivity index (χ2n) is 7.72. The molecule has 34 heavy (non-hydrogen) atoms. The highest BCUT2D eigenvalue weighted by Crippen LogP contribution is 2.28. The number of benzene rings is 2. The van der Waals surface area contributed by atoms with E-state index in [9.17, 15) is 13.2 Å². The van der Waals surface area contributed by atoms with E-state index in [2.05, 4.69) is 29.1 Å². The first-order chi connectivity index (χ1) is 16.3. The van der Waals surface area contributed by atoms with Crippen LogP contribution in [0.25, 0.3) is 0 Å². The van der Waals surface area contributed by atoms with Gasteiger partial charge < -0.3 is 9.47 Å². The van der Waals surface area contributed by atoms with E-state index in [4.69, 9.17) is 9.47 Å². The minimum Gasteiger partial charge on any atom is -0.493 e. The van der Waals surface area contributed by atoms with Crippen molar-refractivity contribution in [2.24, 2.45) is 11.0 Å². The molecular weight excluding hydrogens is 474 g/mol. The number of hydrogen-bond acceptors (Lipinski definition) is 7. The minimum absolute atomic E-state index is 0.145. The average molecular weight is 502 g/mol. The lowest BCUT2D eigenvalue weighted by Gasteiger charge is -2.12. The van der Waals surface area contributed by atoms with Crippen LogP contribution in [0, 0.1) is 5.92 Å². The summed E-state index contributed by atoms with van der Waals surface area (Å²) in [5.74, 6) is 1.18. The second-order valence-corrected chi connectivity index (χ2v) is 10.6. The summed E-state index contributed by atoms with van der Waals surface area (Å²) in [6.07, 6.45) is 2.40. The monoisotopic (exact) mass is 501 g/mol. The van der Waals surface area contributed by atoms with Gasteiger partial charge in [-0.3, -0.25) is 9.52 Å². The van der Waals surface area contributed by atoms with Crippen LogP contribution in [-0.2, 0) is 10.0 Å². The van der Waals surface area contributed by atoms with Crippen molar-refractivity contribution < 1.29 is 22.7 Å². The molecule has 0 aliphatic heterocycles. The van der Waals surface area contributed by atoms with Gasteiger partial charge in [0.05, 0.1) is 31.2 Å². The Morgan fingerprint density at radius 3 is 2.62 bits per heavy atom. The van der Waals surface area contributed by atoms with Crippen molar-refractivity contribution in [3.63, 3.8) is 0 Å². The van der Waals surface area contributed by atoms with Crippen molar-refractivity contribution in [2.75, 3.05) is 18.4 Å². The Morgan fingerprint density at radius 1 is 1.12 bits per heavy atom. The molecule has 0 aliphatic rings. The summed E-state index contributed by atoms with van der Waals surface area (Å²) in [5.41, 5.74) is 3.43. The van der Waals surface area contributed by atoms with Gasteiger partial charge in [-0.15, -0.1) is 11.3 Å². The Bertz CT molecular complexity index is 1240. The van der Waals surface area contributed by atoms with Crippen molar-refractivity contribution in [1.82, 2.24) is 5.43 Å². The summed E-state index contributed by atoms with van der Waals surface area (Å²) in [7, 11) is -2.23. The lowest BCUT2D eigenvalue weighted by atomic mass is 10.1. The molecule has 0 spiro atoms. The Balaban J connectivity index is 1.67. The van der Waals surface area contributed by atoms with Gasteiger partial charge in [0.2, 0.25) is 0 Å². The topological polar surface area (TPSA) is 106 Å². The molecule has 0 radical (unpaired) electrons. The van der Waals surface area contributed by atoms with E-state index in [0.717, 1.165) is 17.8 Å². The summed E-state index contributed by atoms with van der Waals surface area (Å²) in [6.45, 7) is 4.85. The number of amides is 1. The average Bonchev–Trinajstić information content (AvgIpc) is 3.36. The van der Waals surface area contributed by atoms with Crippen molar-refractivity contribution in [2.45, 2.75) is 24.5 Å². The fraction of sp³-hybridized carbons (Fsp3) is 0.250. The van der Waals surface area contributed by atoms with Gasteiger partial charge in [-0.2, -0.15) is 5.10 Å². The zero-order chi connectivity index (χ0) is 24.6. The van der Waals surface area contributed by atoms with Crippen molar-refractivity contribution in [1.29, 1.82) is 0 Å². The first kappa shape index (κ1) is 25.3. The summed E-state index contributed by atoms with van der Waals surface area (Å²) < 4.78 is 38.9. The fourth-order valence-corrected chi connectivity index (χ4v) is 4.97. The maximum Gasteiger partial charge on any atom is 0.273 e. The molecule has 2 aromatic carbocycles. The fourth-order valence-electron chi connectivity index (χ4n) is 2.90. The molecule has 3 aromatic rings. The third kappa shape index (κ3) is 6.82. The van der Waals surface area contributed by atoms with Crippen LogP contribution in [0.15, 0.2) is 69.3 Å². The third-order valence-electron chi connectivity index (χ3n) is 4.70. The highest BCUT2D eigenvalue weighted by Gasteiger charge is 2.19. The van der Waals surface area contributed by atoms with Crippen LogP contribution in [0.2, 0.25) is 0 Å². The number of hydrogen-bond donors (Lipinski definition) is 2. The molecular formula is C24H27N3O5S2. The molecule has 0 fully saturated rings. The molecule has 0 unspecified atom stereocenters. The maximum absolute atomic E-state index is 12.7. The number of hydrazone groups is 1. The summed E-state index contributed by atoms with van der Waals surface area (Å²) in [4.78, 5) is 12.7. The molecule has 0 aliphatic carbocycles.